The number of anilines is 1. The number of hydrogen-bond acceptors (Lipinski definition) is 5. The van der Waals surface area contributed by atoms with Gasteiger partial charge in [-0.2, -0.15) is 0 Å². The van der Waals surface area contributed by atoms with Crippen LogP contribution in [0.1, 0.15) is 70.2 Å². The second kappa shape index (κ2) is 12.4. The van der Waals surface area contributed by atoms with Crippen LogP contribution in [-0.4, -0.2) is 77.7 Å². The number of aliphatic hydroxyl groups is 1. The lowest BCUT2D eigenvalue weighted by Crippen LogP contribution is -2.51. The molecule has 1 saturated carbocycles. The van der Waals surface area contributed by atoms with Crippen LogP contribution in [0.5, 0.6) is 5.75 Å². The van der Waals surface area contributed by atoms with Crippen LogP contribution in [0, 0.1) is 11.8 Å². The van der Waals surface area contributed by atoms with Gasteiger partial charge < -0.3 is 30.3 Å². The zero-order chi connectivity index (χ0) is 26.4. The van der Waals surface area contributed by atoms with E-state index >= 15 is 0 Å². The molecule has 1 fully saturated rings. The van der Waals surface area contributed by atoms with Gasteiger partial charge >= 0.3 is 6.03 Å². The van der Waals surface area contributed by atoms with Gasteiger partial charge in [-0.3, -0.25) is 9.59 Å². The number of carbonyl (C=O) groups excluding carboxylic acids is 3. The highest BCUT2D eigenvalue weighted by Crippen LogP contribution is 2.31. The summed E-state index contributed by atoms with van der Waals surface area (Å²) >= 11 is 0. The van der Waals surface area contributed by atoms with Gasteiger partial charge in [0.15, 0.2) is 0 Å². The Morgan fingerprint density at radius 1 is 1.19 bits per heavy atom. The first-order valence-electron chi connectivity index (χ1n) is 13.2. The van der Waals surface area contributed by atoms with Crippen molar-refractivity contribution in [2.45, 2.75) is 78.0 Å². The highest BCUT2D eigenvalue weighted by Gasteiger charge is 2.34. The Hall–Kier alpha value is -2.81. The van der Waals surface area contributed by atoms with Gasteiger partial charge in [-0.05, 0) is 51.8 Å². The van der Waals surface area contributed by atoms with E-state index in [9.17, 15) is 19.5 Å². The highest BCUT2D eigenvalue weighted by atomic mass is 16.5. The summed E-state index contributed by atoms with van der Waals surface area (Å²) in [5, 5.41) is 15.7. The first-order valence-corrected chi connectivity index (χ1v) is 13.2. The lowest BCUT2D eigenvalue weighted by atomic mass is 9.88. The number of fused-ring (bicyclic) bond motifs is 1. The quantitative estimate of drug-likeness (QED) is 0.529. The number of amides is 4. The molecule has 1 aromatic rings. The van der Waals surface area contributed by atoms with Crippen molar-refractivity contribution in [3.05, 3.63) is 23.8 Å². The van der Waals surface area contributed by atoms with E-state index in [1.54, 1.807) is 42.0 Å². The Morgan fingerprint density at radius 3 is 2.53 bits per heavy atom. The van der Waals surface area contributed by atoms with Crippen LogP contribution in [0.15, 0.2) is 18.2 Å². The van der Waals surface area contributed by atoms with Crippen LogP contribution in [-0.2, 0) is 4.79 Å². The SMILES string of the molecule is CC(C)NC(=O)N(C)C[C@@H]1Oc2ccc(NC(=O)C3CCCCC3)cc2C(=O)N([C@@H](C)CO)C[C@@H]1C. The summed E-state index contributed by atoms with van der Waals surface area (Å²) in [6.45, 7) is 8.11. The fraction of sp³-hybridized carbons (Fsp3) is 0.667. The Bertz CT molecular complexity index is 931. The standard InChI is InChI=1S/C27H42N4O5/c1-17(2)28-27(35)30(5)15-24-18(3)14-31(19(4)16-32)26(34)22-13-21(11-12-23(22)36-24)29-25(33)20-9-7-6-8-10-20/h11-13,17-20,24,32H,6-10,14-16H2,1-5H3,(H,28,35)(H,29,33)/t18-,19-,24-/m0/s1. The third-order valence-electron chi connectivity index (χ3n) is 7.12. The monoisotopic (exact) mass is 502 g/mol. The van der Waals surface area contributed by atoms with Crippen molar-refractivity contribution in [3.8, 4) is 5.75 Å². The summed E-state index contributed by atoms with van der Waals surface area (Å²) < 4.78 is 6.34. The summed E-state index contributed by atoms with van der Waals surface area (Å²) in [6, 6.07) is 4.56. The number of nitrogens with zero attached hydrogens (tertiary/aromatic N) is 2. The van der Waals surface area contributed by atoms with Crippen molar-refractivity contribution in [1.82, 2.24) is 15.1 Å². The number of benzene rings is 1. The predicted octanol–water partition coefficient (Wildman–Crippen LogP) is 3.48. The molecule has 0 aromatic heterocycles. The van der Waals surface area contributed by atoms with E-state index in [0.717, 1.165) is 25.7 Å². The number of carbonyl (C=O) groups is 3. The Labute approximate surface area is 214 Å². The van der Waals surface area contributed by atoms with Gasteiger partial charge in [0.25, 0.3) is 5.91 Å². The van der Waals surface area contributed by atoms with Gasteiger partial charge in [-0.25, -0.2) is 4.79 Å². The molecule has 9 heteroatoms. The third-order valence-corrected chi connectivity index (χ3v) is 7.12. The van der Waals surface area contributed by atoms with Crippen LogP contribution < -0.4 is 15.4 Å². The molecule has 4 amide bonds. The van der Waals surface area contributed by atoms with Crippen molar-refractivity contribution < 1.29 is 24.2 Å². The number of rotatable bonds is 7. The van der Waals surface area contributed by atoms with Crippen molar-refractivity contribution in [2.75, 3.05) is 32.1 Å². The van der Waals surface area contributed by atoms with Crippen LogP contribution in [0.3, 0.4) is 0 Å². The van der Waals surface area contributed by atoms with Crippen molar-refractivity contribution in [2.24, 2.45) is 11.8 Å². The van der Waals surface area contributed by atoms with Crippen molar-refractivity contribution in [3.63, 3.8) is 0 Å². The molecule has 1 aliphatic carbocycles. The van der Waals surface area contributed by atoms with Crippen LogP contribution in [0.2, 0.25) is 0 Å². The first kappa shape index (κ1) is 27.8. The number of likely N-dealkylation sites (N-methyl/N-ethyl adjacent to an activating group) is 1. The number of nitrogens with one attached hydrogen (secondary N) is 2. The fourth-order valence-corrected chi connectivity index (χ4v) is 4.84. The van der Waals surface area contributed by atoms with Crippen LogP contribution >= 0.6 is 0 Å². The summed E-state index contributed by atoms with van der Waals surface area (Å²) in [6.07, 6.45) is 4.69. The zero-order valence-corrected chi connectivity index (χ0v) is 22.3. The molecule has 200 valence electrons. The minimum atomic E-state index is -0.394. The summed E-state index contributed by atoms with van der Waals surface area (Å²) in [7, 11) is 1.72. The molecular formula is C27H42N4O5. The van der Waals surface area contributed by atoms with E-state index in [0.29, 0.717) is 30.1 Å². The summed E-state index contributed by atoms with van der Waals surface area (Å²) in [4.78, 5) is 42.1. The van der Waals surface area contributed by atoms with Gasteiger partial charge in [-0.15, -0.1) is 0 Å². The van der Waals surface area contributed by atoms with E-state index in [-0.39, 0.29) is 48.4 Å². The van der Waals surface area contributed by atoms with Crippen molar-refractivity contribution >= 4 is 23.5 Å². The number of ether oxygens (including phenoxy) is 1. The molecule has 9 nitrogen and oxygen atoms in total. The fourth-order valence-electron chi connectivity index (χ4n) is 4.84. The smallest absolute Gasteiger partial charge is 0.317 e. The average molecular weight is 503 g/mol. The molecule has 3 rings (SSSR count). The maximum Gasteiger partial charge on any atom is 0.317 e. The van der Waals surface area contributed by atoms with E-state index in [1.165, 1.54) is 6.42 Å². The number of aliphatic hydroxyl groups excluding tert-OH is 1. The second-order valence-corrected chi connectivity index (χ2v) is 10.6. The molecule has 0 radical (unpaired) electrons. The normalized spacial score (nSPS) is 21.6. The molecule has 0 bridgehead atoms. The highest BCUT2D eigenvalue weighted by molar-refractivity contribution is 6.00. The summed E-state index contributed by atoms with van der Waals surface area (Å²) in [5.74, 6) is 0.0303. The van der Waals surface area contributed by atoms with Gasteiger partial charge in [0.1, 0.15) is 11.9 Å². The number of urea groups is 1. The zero-order valence-electron chi connectivity index (χ0n) is 22.3. The van der Waals surface area contributed by atoms with E-state index < -0.39 is 6.04 Å². The van der Waals surface area contributed by atoms with E-state index in [1.807, 2.05) is 20.8 Å². The summed E-state index contributed by atoms with van der Waals surface area (Å²) in [5.41, 5.74) is 0.888. The van der Waals surface area contributed by atoms with Gasteiger partial charge in [0.2, 0.25) is 5.91 Å². The lowest BCUT2D eigenvalue weighted by molar-refractivity contribution is -0.120. The molecule has 1 aliphatic heterocycles. The van der Waals surface area contributed by atoms with E-state index in [4.69, 9.17) is 4.74 Å². The maximum absolute atomic E-state index is 13.6. The molecule has 0 spiro atoms. The second-order valence-electron chi connectivity index (χ2n) is 10.6. The van der Waals surface area contributed by atoms with Gasteiger partial charge in [0, 0.05) is 37.2 Å². The van der Waals surface area contributed by atoms with Crippen LogP contribution in [0.4, 0.5) is 10.5 Å². The first-order chi connectivity index (χ1) is 17.1. The van der Waals surface area contributed by atoms with Gasteiger partial charge in [0.05, 0.1) is 24.8 Å². The van der Waals surface area contributed by atoms with Crippen LogP contribution in [0.25, 0.3) is 0 Å². The molecule has 0 unspecified atom stereocenters. The minimum Gasteiger partial charge on any atom is -0.487 e. The maximum atomic E-state index is 13.6. The topological polar surface area (TPSA) is 111 Å². The molecule has 3 N–H and O–H groups in total. The predicted molar refractivity (Wildman–Crippen MR) is 139 cm³/mol. The molecule has 2 aliphatic rings. The molecule has 3 atom stereocenters. The lowest BCUT2D eigenvalue weighted by Gasteiger charge is -2.38. The molecule has 36 heavy (non-hydrogen) atoms. The van der Waals surface area contributed by atoms with E-state index in [2.05, 4.69) is 10.6 Å². The largest absolute Gasteiger partial charge is 0.487 e. The van der Waals surface area contributed by atoms with Crippen molar-refractivity contribution in [1.29, 1.82) is 0 Å². The third kappa shape index (κ3) is 6.90. The Kier molecular flexibility index (Phi) is 9.59. The van der Waals surface area contributed by atoms with Gasteiger partial charge in [-0.1, -0.05) is 26.2 Å². The Balaban J connectivity index is 1.87. The number of hydrogen-bond donors (Lipinski definition) is 3. The molecule has 1 heterocycles. The minimum absolute atomic E-state index is 0.00336. The molecule has 1 aromatic carbocycles. The molecule has 0 saturated heterocycles. The average Bonchev–Trinajstić information content (AvgIpc) is 2.86. The molecular weight excluding hydrogens is 460 g/mol. The Morgan fingerprint density at radius 2 is 1.89 bits per heavy atom.